The van der Waals surface area contributed by atoms with Gasteiger partial charge in [0.1, 0.15) is 5.82 Å². The molecule has 0 unspecified atom stereocenters. The molecular weight excluding hydrogens is 463 g/mol. The van der Waals surface area contributed by atoms with E-state index in [0.29, 0.717) is 5.56 Å². The minimum Gasteiger partial charge on any atom is -0.378 e. The van der Waals surface area contributed by atoms with Crippen LogP contribution >= 0.6 is 0 Å². The molecule has 1 aliphatic carbocycles. The summed E-state index contributed by atoms with van der Waals surface area (Å²) in [6.07, 6.45) is 5.14. The third-order valence-electron chi connectivity index (χ3n) is 7.30. The minimum atomic E-state index is -0.362. The molecule has 0 aromatic heterocycles. The fraction of sp³-hybridized carbons (Fsp3) is 0.290. The molecule has 0 radical (unpaired) electrons. The summed E-state index contributed by atoms with van der Waals surface area (Å²) < 4.78 is 13.6. The van der Waals surface area contributed by atoms with Gasteiger partial charge in [0.15, 0.2) is 0 Å². The Morgan fingerprint density at radius 1 is 0.892 bits per heavy atom. The second-order valence-electron chi connectivity index (χ2n) is 10.2. The van der Waals surface area contributed by atoms with Crippen LogP contribution in [0, 0.1) is 11.7 Å². The van der Waals surface area contributed by atoms with E-state index < -0.39 is 0 Å². The number of anilines is 2. The Labute approximate surface area is 218 Å². The monoisotopic (exact) mass is 496 g/mol. The van der Waals surface area contributed by atoms with E-state index in [2.05, 4.69) is 64.4 Å². The first kappa shape index (κ1) is 24.8. The van der Waals surface area contributed by atoms with Crippen molar-refractivity contribution in [3.8, 4) is 0 Å². The largest absolute Gasteiger partial charge is 0.378 e. The standard InChI is InChI=1S/C31H33FN4O/c1-34(2)26-16-8-21(9-17-26)20-24-6-5-7-28-29(24)33-36(31(37)23-10-14-25(32)15-11-23)30(28)22-12-18-27(19-13-22)35(3)4/h8-20,28,30H,5-7H2,1-4H3/b24-20+/t28-,30+/m1/s1. The lowest BCUT2D eigenvalue weighted by atomic mass is 9.77. The van der Waals surface area contributed by atoms with E-state index in [9.17, 15) is 9.18 Å². The summed E-state index contributed by atoms with van der Waals surface area (Å²) in [5, 5.41) is 6.60. The number of allylic oxidation sites excluding steroid dienone is 1. The number of fused-ring (bicyclic) bond motifs is 1. The van der Waals surface area contributed by atoms with Gasteiger partial charge in [-0.2, -0.15) is 5.10 Å². The molecule has 3 aromatic carbocycles. The summed E-state index contributed by atoms with van der Waals surface area (Å²) in [4.78, 5) is 17.8. The van der Waals surface area contributed by atoms with Crippen molar-refractivity contribution >= 4 is 29.1 Å². The highest BCUT2D eigenvalue weighted by atomic mass is 19.1. The zero-order valence-electron chi connectivity index (χ0n) is 21.9. The lowest BCUT2D eigenvalue weighted by Gasteiger charge is -2.30. The molecule has 6 heteroatoms. The van der Waals surface area contributed by atoms with Gasteiger partial charge in [0, 0.05) is 51.0 Å². The van der Waals surface area contributed by atoms with Crippen molar-refractivity contribution in [1.82, 2.24) is 5.01 Å². The molecule has 1 fully saturated rings. The van der Waals surface area contributed by atoms with Gasteiger partial charge in [-0.05, 0) is 90.6 Å². The zero-order valence-corrected chi connectivity index (χ0v) is 21.9. The van der Waals surface area contributed by atoms with Crippen LogP contribution in [0.15, 0.2) is 83.5 Å². The number of carbonyl (C=O) groups excluding carboxylic acids is 1. The molecule has 5 nitrogen and oxygen atoms in total. The van der Waals surface area contributed by atoms with Crippen molar-refractivity contribution in [1.29, 1.82) is 0 Å². The number of carbonyl (C=O) groups is 1. The maximum absolute atomic E-state index is 13.7. The van der Waals surface area contributed by atoms with Gasteiger partial charge in [-0.25, -0.2) is 9.40 Å². The summed E-state index contributed by atoms with van der Waals surface area (Å²) in [5.41, 5.74) is 7.03. The molecule has 2 atom stereocenters. The fourth-order valence-electron chi connectivity index (χ4n) is 5.27. The molecule has 1 heterocycles. The molecule has 5 rings (SSSR count). The van der Waals surface area contributed by atoms with Crippen LogP contribution in [0.5, 0.6) is 0 Å². The Hall–Kier alpha value is -3.93. The molecule has 1 amide bonds. The van der Waals surface area contributed by atoms with E-state index in [1.807, 2.05) is 28.2 Å². The highest BCUT2D eigenvalue weighted by Crippen LogP contribution is 2.45. The SMILES string of the molecule is CN(C)c1ccc(/C=C2\CCC[C@@H]3C2=NN(C(=O)c2ccc(F)cc2)[C@H]3c2ccc(N(C)C)cc2)cc1. The molecule has 0 bridgehead atoms. The molecule has 37 heavy (non-hydrogen) atoms. The highest BCUT2D eigenvalue weighted by Gasteiger charge is 2.44. The second-order valence-corrected chi connectivity index (χ2v) is 10.2. The molecule has 1 aliphatic heterocycles. The third-order valence-corrected chi connectivity index (χ3v) is 7.30. The third kappa shape index (κ3) is 5.01. The van der Waals surface area contributed by atoms with Gasteiger partial charge in [-0.1, -0.05) is 24.3 Å². The van der Waals surface area contributed by atoms with Gasteiger partial charge in [-0.3, -0.25) is 4.79 Å². The molecular formula is C31H33FN4O. The number of rotatable bonds is 5. The van der Waals surface area contributed by atoms with E-state index in [1.54, 1.807) is 5.01 Å². The average Bonchev–Trinajstić information content (AvgIpc) is 3.30. The van der Waals surface area contributed by atoms with Crippen LogP contribution in [0.1, 0.15) is 46.8 Å². The topological polar surface area (TPSA) is 39.1 Å². The van der Waals surface area contributed by atoms with Crippen LogP contribution in [0.25, 0.3) is 6.08 Å². The molecule has 190 valence electrons. The molecule has 0 N–H and O–H groups in total. The van der Waals surface area contributed by atoms with Crippen LogP contribution in [0.3, 0.4) is 0 Å². The molecule has 1 saturated carbocycles. The van der Waals surface area contributed by atoms with Crippen LogP contribution in [0.2, 0.25) is 0 Å². The van der Waals surface area contributed by atoms with E-state index in [4.69, 9.17) is 5.10 Å². The van der Waals surface area contributed by atoms with Crippen molar-refractivity contribution in [2.24, 2.45) is 11.0 Å². The Morgan fingerprint density at radius 2 is 1.49 bits per heavy atom. The Morgan fingerprint density at radius 3 is 2.08 bits per heavy atom. The Bertz CT molecular complexity index is 1330. The molecule has 0 spiro atoms. The van der Waals surface area contributed by atoms with Crippen LogP contribution in [-0.2, 0) is 0 Å². The van der Waals surface area contributed by atoms with Crippen molar-refractivity contribution in [3.05, 3.63) is 101 Å². The van der Waals surface area contributed by atoms with Gasteiger partial charge < -0.3 is 9.80 Å². The number of hydrazone groups is 1. The Kier molecular flexibility index (Phi) is 6.83. The lowest BCUT2D eigenvalue weighted by Crippen LogP contribution is -2.32. The van der Waals surface area contributed by atoms with Crippen molar-refractivity contribution in [2.75, 3.05) is 38.0 Å². The van der Waals surface area contributed by atoms with Gasteiger partial charge in [0.05, 0.1) is 11.8 Å². The smallest absolute Gasteiger partial charge is 0.274 e. The van der Waals surface area contributed by atoms with Gasteiger partial charge >= 0.3 is 0 Å². The van der Waals surface area contributed by atoms with Crippen LogP contribution < -0.4 is 9.80 Å². The molecule has 3 aromatic rings. The van der Waals surface area contributed by atoms with Gasteiger partial charge in [-0.15, -0.1) is 0 Å². The summed E-state index contributed by atoms with van der Waals surface area (Å²) in [6, 6.07) is 22.4. The maximum Gasteiger partial charge on any atom is 0.274 e. The predicted molar refractivity (Wildman–Crippen MR) is 150 cm³/mol. The zero-order chi connectivity index (χ0) is 26.1. The van der Waals surface area contributed by atoms with Crippen molar-refractivity contribution in [2.45, 2.75) is 25.3 Å². The number of benzene rings is 3. The predicted octanol–water partition coefficient (Wildman–Crippen LogP) is 6.39. The first-order valence-corrected chi connectivity index (χ1v) is 12.7. The summed E-state index contributed by atoms with van der Waals surface area (Å²) in [5.74, 6) is -0.465. The van der Waals surface area contributed by atoms with Crippen LogP contribution in [-0.4, -0.2) is 44.8 Å². The number of hydrogen-bond acceptors (Lipinski definition) is 4. The van der Waals surface area contributed by atoms with E-state index in [-0.39, 0.29) is 23.7 Å². The normalized spacial score (nSPS) is 20.0. The first-order chi connectivity index (χ1) is 17.8. The van der Waals surface area contributed by atoms with E-state index in [1.165, 1.54) is 29.8 Å². The number of nitrogens with zero attached hydrogens (tertiary/aromatic N) is 4. The van der Waals surface area contributed by atoms with Gasteiger partial charge in [0.25, 0.3) is 5.91 Å². The van der Waals surface area contributed by atoms with E-state index in [0.717, 1.165) is 47.5 Å². The second kappa shape index (κ2) is 10.2. The summed E-state index contributed by atoms with van der Waals surface area (Å²) in [6.45, 7) is 0. The lowest BCUT2D eigenvalue weighted by molar-refractivity contribution is 0.0681. The molecule has 2 aliphatic rings. The molecule has 0 saturated heterocycles. The van der Waals surface area contributed by atoms with E-state index >= 15 is 0 Å². The number of halogens is 1. The summed E-state index contributed by atoms with van der Waals surface area (Å²) in [7, 11) is 8.09. The van der Waals surface area contributed by atoms with Crippen molar-refractivity contribution in [3.63, 3.8) is 0 Å². The first-order valence-electron chi connectivity index (χ1n) is 12.7. The van der Waals surface area contributed by atoms with Crippen LogP contribution in [0.4, 0.5) is 15.8 Å². The minimum absolute atomic E-state index is 0.107. The van der Waals surface area contributed by atoms with Crippen molar-refractivity contribution < 1.29 is 9.18 Å². The quantitative estimate of drug-likeness (QED) is 0.411. The number of hydrogen-bond donors (Lipinski definition) is 0. The average molecular weight is 497 g/mol. The maximum atomic E-state index is 13.7. The van der Waals surface area contributed by atoms with Gasteiger partial charge in [0.2, 0.25) is 0 Å². The highest BCUT2D eigenvalue weighted by molar-refractivity contribution is 6.09. The number of amides is 1. The summed E-state index contributed by atoms with van der Waals surface area (Å²) >= 11 is 0. The fourth-order valence-corrected chi connectivity index (χ4v) is 5.27. The Balaban J connectivity index is 1.54.